The van der Waals surface area contributed by atoms with Gasteiger partial charge in [-0.1, -0.05) is 18.9 Å². The van der Waals surface area contributed by atoms with Gasteiger partial charge in [0.1, 0.15) is 5.75 Å². The molecule has 0 atom stereocenters. The van der Waals surface area contributed by atoms with Crippen molar-refractivity contribution in [3.63, 3.8) is 0 Å². The van der Waals surface area contributed by atoms with Crippen molar-refractivity contribution >= 4 is 17.6 Å². The lowest BCUT2D eigenvalue weighted by Crippen LogP contribution is -2.52. The highest BCUT2D eigenvalue weighted by Crippen LogP contribution is 2.22. The van der Waals surface area contributed by atoms with Gasteiger partial charge in [0.05, 0.1) is 13.7 Å². The summed E-state index contributed by atoms with van der Waals surface area (Å²) in [6, 6.07) is 8.59. The second kappa shape index (κ2) is 10.9. The van der Waals surface area contributed by atoms with Crippen molar-refractivity contribution in [1.82, 2.24) is 15.5 Å². The third kappa shape index (κ3) is 6.27. The van der Waals surface area contributed by atoms with Gasteiger partial charge in [0.25, 0.3) is 0 Å². The van der Waals surface area contributed by atoms with Crippen LogP contribution in [0.15, 0.2) is 29.3 Å². The van der Waals surface area contributed by atoms with Crippen molar-refractivity contribution < 1.29 is 9.53 Å². The quantitative estimate of drug-likeness (QED) is 0.542. The van der Waals surface area contributed by atoms with Gasteiger partial charge in [-0.3, -0.25) is 9.79 Å². The molecule has 2 fully saturated rings. The first-order chi connectivity index (χ1) is 14.2. The van der Waals surface area contributed by atoms with E-state index in [9.17, 15) is 4.79 Å². The number of nitrogens with one attached hydrogen (secondary N) is 2. The number of benzene rings is 1. The summed E-state index contributed by atoms with van der Waals surface area (Å²) in [5.74, 6) is 1.92. The zero-order chi connectivity index (χ0) is 20.5. The van der Waals surface area contributed by atoms with E-state index in [2.05, 4.69) is 39.5 Å². The monoisotopic (exact) mass is 401 g/mol. The Morgan fingerprint density at radius 3 is 2.66 bits per heavy atom. The van der Waals surface area contributed by atoms with E-state index >= 15 is 0 Å². The normalized spacial score (nSPS) is 18.1. The second-order valence-corrected chi connectivity index (χ2v) is 7.71. The first-order valence-corrected chi connectivity index (χ1v) is 10.9. The van der Waals surface area contributed by atoms with Crippen LogP contribution in [0.4, 0.5) is 5.69 Å². The number of ether oxygens (including phenoxy) is 1. The average Bonchev–Trinajstić information content (AvgIpc) is 3.26. The first kappa shape index (κ1) is 21.3. The van der Waals surface area contributed by atoms with Gasteiger partial charge < -0.3 is 25.2 Å². The predicted molar refractivity (Wildman–Crippen MR) is 118 cm³/mol. The molecule has 160 valence electrons. The lowest BCUT2D eigenvalue weighted by Gasteiger charge is -2.37. The molecule has 1 amide bonds. The Labute approximate surface area is 174 Å². The van der Waals surface area contributed by atoms with Crippen molar-refractivity contribution in [2.75, 3.05) is 51.3 Å². The average molecular weight is 402 g/mol. The summed E-state index contributed by atoms with van der Waals surface area (Å²) in [5, 5.41) is 6.52. The SMILES string of the molecule is CCNC(=NCCC(=O)NC1CCCC1)N1CCN(c2cccc(OC)c2)CC1. The number of piperazine rings is 1. The number of aliphatic imine (C=N–C) groups is 1. The highest BCUT2D eigenvalue weighted by Gasteiger charge is 2.20. The molecule has 0 bridgehead atoms. The summed E-state index contributed by atoms with van der Waals surface area (Å²) in [6.45, 7) is 7.09. The number of hydrogen-bond donors (Lipinski definition) is 2. The van der Waals surface area contributed by atoms with Gasteiger partial charge in [-0.15, -0.1) is 0 Å². The molecular weight excluding hydrogens is 366 g/mol. The fourth-order valence-electron chi connectivity index (χ4n) is 4.04. The lowest BCUT2D eigenvalue weighted by molar-refractivity contribution is -0.121. The Bertz CT molecular complexity index is 680. The van der Waals surface area contributed by atoms with Crippen LogP contribution < -0.4 is 20.3 Å². The number of nitrogens with zero attached hydrogens (tertiary/aromatic N) is 3. The van der Waals surface area contributed by atoms with E-state index in [1.165, 1.54) is 18.5 Å². The van der Waals surface area contributed by atoms with Gasteiger partial charge in [0.15, 0.2) is 5.96 Å². The smallest absolute Gasteiger partial charge is 0.222 e. The summed E-state index contributed by atoms with van der Waals surface area (Å²) < 4.78 is 5.34. The van der Waals surface area contributed by atoms with Gasteiger partial charge in [0, 0.05) is 56.9 Å². The molecule has 2 N–H and O–H groups in total. The number of amides is 1. The lowest BCUT2D eigenvalue weighted by atomic mass is 10.2. The Morgan fingerprint density at radius 1 is 1.21 bits per heavy atom. The molecule has 3 rings (SSSR count). The number of anilines is 1. The maximum Gasteiger partial charge on any atom is 0.222 e. The molecule has 7 nitrogen and oxygen atoms in total. The van der Waals surface area contributed by atoms with E-state index in [4.69, 9.17) is 9.73 Å². The Balaban J connectivity index is 1.48. The molecule has 1 aromatic carbocycles. The van der Waals surface area contributed by atoms with Crippen LogP contribution in [-0.2, 0) is 4.79 Å². The molecule has 1 saturated heterocycles. The standard InChI is InChI=1S/C22H35N5O2/c1-3-23-22(24-12-11-21(28)25-18-7-4-5-8-18)27-15-13-26(14-16-27)19-9-6-10-20(17-19)29-2/h6,9-10,17-18H,3-5,7-8,11-16H2,1-2H3,(H,23,24)(H,25,28). The summed E-state index contributed by atoms with van der Waals surface area (Å²) in [7, 11) is 1.70. The topological polar surface area (TPSA) is 69.2 Å². The molecule has 1 aliphatic heterocycles. The predicted octanol–water partition coefficient (Wildman–Crippen LogP) is 2.23. The van der Waals surface area contributed by atoms with Gasteiger partial charge in [-0.2, -0.15) is 0 Å². The highest BCUT2D eigenvalue weighted by molar-refractivity contribution is 5.81. The maximum atomic E-state index is 12.1. The van der Waals surface area contributed by atoms with Crippen molar-refractivity contribution in [3.8, 4) is 5.75 Å². The van der Waals surface area contributed by atoms with Gasteiger partial charge in [0.2, 0.25) is 5.91 Å². The van der Waals surface area contributed by atoms with Crippen molar-refractivity contribution in [3.05, 3.63) is 24.3 Å². The minimum absolute atomic E-state index is 0.124. The van der Waals surface area contributed by atoms with Crippen LogP contribution in [0.2, 0.25) is 0 Å². The van der Waals surface area contributed by atoms with E-state index < -0.39 is 0 Å². The van der Waals surface area contributed by atoms with Crippen molar-refractivity contribution in [1.29, 1.82) is 0 Å². The molecule has 1 heterocycles. The molecule has 1 saturated carbocycles. The van der Waals surface area contributed by atoms with Crippen molar-refractivity contribution in [2.45, 2.75) is 45.1 Å². The minimum atomic E-state index is 0.124. The van der Waals surface area contributed by atoms with Crippen molar-refractivity contribution in [2.24, 2.45) is 4.99 Å². The third-order valence-electron chi connectivity index (χ3n) is 5.65. The van der Waals surface area contributed by atoms with Crippen LogP contribution in [-0.4, -0.2) is 69.2 Å². The van der Waals surface area contributed by atoms with Crippen LogP contribution in [0.5, 0.6) is 5.75 Å². The molecule has 7 heteroatoms. The van der Waals surface area contributed by atoms with E-state index in [1.54, 1.807) is 7.11 Å². The van der Waals surface area contributed by atoms with Gasteiger partial charge >= 0.3 is 0 Å². The zero-order valence-corrected chi connectivity index (χ0v) is 17.8. The molecular formula is C22H35N5O2. The van der Waals surface area contributed by atoms with Crippen LogP contribution in [0, 0.1) is 0 Å². The molecule has 2 aliphatic rings. The van der Waals surface area contributed by atoms with Crippen LogP contribution >= 0.6 is 0 Å². The zero-order valence-electron chi connectivity index (χ0n) is 17.8. The number of guanidine groups is 1. The second-order valence-electron chi connectivity index (χ2n) is 7.71. The molecule has 1 aliphatic carbocycles. The fourth-order valence-corrected chi connectivity index (χ4v) is 4.04. The Kier molecular flexibility index (Phi) is 8.02. The van der Waals surface area contributed by atoms with Gasteiger partial charge in [-0.25, -0.2) is 0 Å². The summed E-state index contributed by atoms with van der Waals surface area (Å²) in [6.07, 6.45) is 5.16. The van der Waals surface area contributed by atoms with Crippen LogP contribution in [0.1, 0.15) is 39.0 Å². The molecule has 29 heavy (non-hydrogen) atoms. The van der Waals surface area contributed by atoms with Gasteiger partial charge in [-0.05, 0) is 31.9 Å². The molecule has 0 aromatic heterocycles. The third-order valence-corrected chi connectivity index (χ3v) is 5.65. The van der Waals surface area contributed by atoms with E-state index in [0.717, 1.165) is 57.3 Å². The van der Waals surface area contributed by atoms with Crippen LogP contribution in [0.3, 0.4) is 0 Å². The fraction of sp³-hybridized carbons (Fsp3) is 0.636. The van der Waals surface area contributed by atoms with E-state index in [-0.39, 0.29) is 5.91 Å². The highest BCUT2D eigenvalue weighted by atomic mass is 16.5. The minimum Gasteiger partial charge on any atom is -0.497 e. The number of rotatable bonds is 7. The molecule has 1 aromatic rings. The van der Waals surface area contributed by atoms with E-state index in [0.29, 0.717) is 19.0 Å². The summed E-state index contributed by atoms with van der Waals surface area (Å²) in [4.78, 5) is 21.5. The molecule has 0 radical (unpaired) electrons. The Morgan fingerprint density at radius 2 is 1.97 bits per heavy atom. The first-order valence-electron chi connectivity index (χ1n) is 10.9. The Hall–Kier alpha value is -2.44. The molecule has 0 spiro atoms. The largest absolute Gasteiger partial charge is 0.497 e. The summed E-state index contributed by atoms with van der Waals surface area (Å²) >= 11 is 0. The maximum absolute atomic E-state index is 12.1. The number of hydrogen-bond acceptors (Lipinski definition) is 4. The number of carbonyl (C=O) groups is 1. The number of methoxy groups -OCH3 is 1. The van der Waals surface area contributed by atoms with E-state index in [1.807, 2.05) is 12.1 Å². The number of carbonyl (C=O) groups excluding carboxylic acids is 1. The van der Waals surface area contributed by atoms with Crippen LogP contribution in [0.25, 0.3) is 0 Å². The molecule has 0 unspecified atom stereocenters. The summed E-state index contributed by atoms with van der Waals surface area (Å²) in [5.41, 5.74) is 1.19.